The minimum absolute atomic E-state index is 0.0390. The second-order valence-electron chi connectivity index (χ2n) is 7.59. The zero-order valence-electron chi connectivity index (χ0n) is 17.0. The van der Waals surface area contributed by atoms with Gasteiger partial charge in [-0.1, -0.05) is 11.8 Å². The van der Waals surface area contributed by atoms with E-state index in [2.05, 4.69) is 19.7 Å². The summed E-state index contributed by atoms with van der Waals surface area (Å²) in [6.07, 6.45) is 3.88. The molecule has 1 aliphatic rings. The minimum Gasteiger partial charge on any atom is -0.467 e. The van der Waals surface area contributed by atoms with Crippen molar-refractivity contribution in [3.63, 3.8) is 0 Å². The summed E-state index contributed by atoms with van der Waals surface area (Å²) in [5.41, 5.74) is 2.53. The predicted octanol–water partition coefficient (Wildman–Crippen LogP) is 4.31. The zero-order valence-corrected chi connectivity index (χ0v) is 17.8. The van der Waals surface area contributed by atoms with Gasteiger partial charge in [-0.25, -0.2) is 0 Å². The Morgan fingerprint density at radius 3 is 2.69 bits per heavy atom. The molecule has 0 radical (unpaired) electrons. The molecule has 1 fully saturated rings. The fourth-order valence-electron chi connectivity index (χ4n) is 3.68. The summed E-state index contributed by atoms with van der Waals surface area (Å²) in [7, 11) is 0. The van der Waals surface area contributed by atoms with Gasteiger partial charge in [0.25, 0.3) is 0 Å². The van der Waals surface area contributed by atoms with E-state index >= 15 is 0 Å². The molecule has 4 rings (SSSR count). The lowest BCUT2D eigenvalue weighted by Gasteiger charge is -2.12. The van der Waals surface area contributed by atoms with Crippen LogP contribution in [0.15, 0.2) is 28.0 Å². The first kappa shape index (κ1) is 19.7. The van der Waals surface area contributed by atoms with E-state index in [9.17, 15) is 9.59 Å². The molecule has 3 heterocycles. The summed E-state index contributed by atoms with van der Waals surface area (Å²) < 4.78 is 7.56. The standard InChI is InChI=1S/C21H24N4O3S/c1-11-17(13(3)26)12(2)22-18(11)19(27)14(4)29-21-24-23-20(15-7-8-15)25(21)10-16-6-5-9-28-16/h5-6,9,14-15,22H,7-8,10H2,1-4H3/t14-/m0/s1. The highest BCUT2D eigenvalue weighted by molar-refractivity contribution is 8.00. The fourth-order valence-corrected chi connectivity index (χ4v) is 4.59. The van der Waals surface area contributed by atoms with Crippen LogP contribution in [0.3, 0.4) is 0 Å². The minimum atomic E-state index is -0.377. The average molecular weight is 413 g/mol. The second kappa shape index (κ2) is 7.67. The number of ketones is 2. The highest BCUT2D eigenvalue weighted by Gasteiger charge is 2.32. The monoisotopic (exact) mass is 412 g/mol. The first-order chi connectivity index (χ1) is 13.9. The Morgan fingerprint density at radius 1 is 1.34 bits per heavy atom. The third-order valence-corrected chi connectivity index (χ3v) is 6.35. The van der Waals surface area contributed by atoms with Crippen LogP contribution in [0.5, 0.6) is 0 Å². The maximum absolute atomic E-state index is 13.1. The number of furan rings is 1. The maximum atomic E-state index is 13.1. The largest absolute Gasteiger partial charge is 0.467 e. The van der Waals surface area contributed by atoms with Gasteiger partial charge < -0.3 is 9.40 Å². The number of nitrogens with zero attached hydrogens (tertiary/aromatic N) is 3. The quantitative estimate of drug-likeness (QED) is 0.438. The van der Waals surface area contributed by atoms with Crippen molar-refractivity contribution in [2.75, 3.05) is 0 Å². The number of Topliss-reactive ketones (excluding diaryl/α,β-unsaturated/α-hetero) is 2. The van der Waals surface area contributed by atoms with E-state index in [1.807, 2.05) is 32.9 Å². The van der Waals surface area contributed by atoms with Crippen LogP contribution in [0.4, 0.5) is 0 Å². The van der Waals surface area contributed by atoms with E-state index in [0.717, 1.165) is 30.1 Å². The molecule has 3 aromatic heterocycles. The lowest BCUT2D eigenvalue weighted by Crippen LogP contribution is -2.17. The Hall–Kier alpha value is -2.61. The van der Waals surface area contributed by atoms with Gasteiger partial charge in [0.2, 0.25) is 0 Å². The van der Waals surface area contributed by atoms with Crippen molar-refractivity contribution in [3.8, 4) is 0 Å². The van der Waals surface area contributed by atoms with Gasteiger partial charge in [-0.15, -0.1) is 10.2 Å². The number of thioether (sulfide) groups is 1. The molecule has 0 amide bonds. The molecule has 1 saturated carbocycles. The van der Waals surface area contributed by atoms with Crippen molar-refractivity contribution in [2.24, 2.45) is 0 Å². The molecule has 8 heteroatoms. The number of hydrogen-bond acceptors (Lipinski definition) is 6. The lowest BCUT2D eigenvalue weighted by atomic mass is 10.0. The molecule has 1 atom stereocenters. The highest BCUT2D eigenvalue weighted by atomic mass is 32.2. The first-order valence-corrected chi connectivity index (χ1v) is 10.6. The number of rotatable bonds is 8. The molecule has 3 aromatic rings. The molecular weight excluding hydrogens is 388 g/mol. The second-order valence-corrected chi connectivity index (χ2v) is 8.89. The van der Waals surface area contributed by atoms with Crippen LogP contribution in [0, 0.1) is 13.8 Å². The molecule has 0 bridgehead atoms. The van der Waals surface area contributed by atoms with E-state index in [0.29, 0.717) is 34.4 Å². The van der Waals surface area contributed by atoms with E-state index in [4.69, 9.17) is 4.42 Å². The molecule has 1 aliphatic carbocycles. The topological polar surface area (TPSA) is 93.8 Å². The van der Waals surface area contributed by atoms with Crippen LogP contribution in [-0.4, -0.2) is 36.6 Å². The number of carbonyl (C=O) groups is 2. The lowest BCUT2D eigenvalue weighted by molar-refractivity contribution is 0.0988. The van der Waals surface area contributed by atoms with Crippen molar-refractivity contribution in [3.05, 3.63) is 52.5 Å². The predicted molar refractivity (Wildman–Crippen MR) is 110 cm³/mol. The van der Waals surface area contributed by atoms with Crippen LogP contribution >= 0.6 is 11.8 Å². The van der Waals surface area contributed by atoms with E-state index in [-0.39, 0.29) is 16.8 Å². The molecule has 7 nitrogen and oxygen atoms in total. The summed E-state index contributed by atoms with van der Waals surface area (Å²) >= 11 is 1.39. The molecule has 0 spiro atoms. The first-order valence-electron chi connectivity index (χ1n) is 9.73. The van der Waals surface area contributed by atoms with Gasteiger partial charge in [0.1, 0.15) is 11.6 Å². The Balaban J connectivity index is 1.58. The molecular formula is C21H24N4O3S. The number of aromatic nitrogens is 4. The number of aryl methyl sites for hydroxylation is 1. The molecule has 0 aliphatic heterocycles. The molecule has 29 heavy (non-hydrogen) atoms. The number of carbonyl (C=O) groups excluding carboxylic acids is 2. The van der Waals surface area contributed by atoms with Gasteiger partial charge in [0, 0.05) is 17.2 Å². The number of hydrogen-bond donors (Lipinski definition) is 1. The van der Waals surface area contributed by atoms with E-state index < -0.39 is 0 Å². The maximum Gasteiger partial charge on any atom is 0.192 e. The van der Waals surface area contributed by atoms with Crippen molar-refractivity contribution in [2.45, 2.75) is 63.4 Å². The van der Waals surface area contributed by atoms with Gasteiger partial charge in [0.05, 0.1) is 23.8 Å². The van der Waals surface area contributed by atoms with E-state index in [1.165, 1.54) is 18.7 Å². The van der Waals surface area contributed by atoms with E-state index in [1.54, 1.807) is 6.26 Å². The third kappa shape index (κ3) is 3.81. The van der Waals surface area contributed by atoms with Crippen LogP contribution < -0.4 is 0 Å². The Kier molecular flexibility index (Phi) is 5.21. The summed E-state index contributed by atoms with van der Waals surface area (Å²) in [4.78, 5) is 28.1. The summed E-state index contributed by atoms with van der Waals surface area (Å²) in [6, 6.07) is 3.78. The van der Waals surface area contributed by atoms with Gasteiger partial charge in [-0.05, 0) is 58.2 Å². The SMILES string of the molecule is CC(=O)c1c(C)[nH]c(C(=O)[C@H](C)Sc2nnc(C3CC3)n2Cc2ccco2)c1C. The summed E-state index contributed by atoms with van der Waals surface area (Å²) in [5.74, 6) is 2.12. The van der Waals surface area contributed by atoms with Crippen molar-refractivity contribution in [1.29, 1.82) is 0 Å². The normalized spacial score (nSPS) is 14.9. The van der Waals surface area contributed by atoms with Gasteiger partial charge in [0.15, 0.2) is 16.7 Å². The number of nitrogens with one attached hydrogen (secondary N) is 1. The van der Waals surface area contributed by atoms with Gasteiger partial charge >= 0.3 is 0 Å². The zero-order chi connectivity index (χ0) is 20.7. The van der Waals surface area contributed by atoms with Crippen molar-refractivity contribution in [1.82, 2.24) is 19.7 Å². The molecule has 0 unspecified atom stereocenters. The van der Waals surface area contributed by atoms with Crippen LogP contribution in [0.1, 0.15) is 76.3 Å². The third-order valence-electron chi connectivity index (χ3n) is 5.27. The Bertz CT molecular complexity index is 1060. The highest BCUT2D eigenvalue weighted by Crippen LogP contribution is 2.40. The molecule has 1 N–H and O–H groups in total. The van der Waals surface area contributed by atoms with Crippen molar-refractivity contribution >= 4 is 23.3 Å². The fraction of sp³-hybridized carbons (Fsp3) is 0.429. The number of aromatic amines is 1. The Labute approximate surface area is 173 Å². The summed E-state index contributed by atoms with van der Waals surface area (Å²) in [6.45, 7) is 7.56. The molecule has 0 saturated heterocycles. The average Bonchev–Trinajstić information content (AvgIpc) is 3.10. The van der Waals surface area contributed by atoms with Crippen LogP contribution in [0.25, 0.3) is 0 Å². The van der Waals surface area contributed by atoms with Gasteiger partial charge in [-0.3, -0.25) is 14.2 Å². The number of H-pyrrole nitrogens is 1. The smallest absolute Gasteiger partial charge is 0.192 e. The molecule has 0 aromatic carbocycles. The van der Waals surface area contributed by atoms with Crippen molar-refractivity contribution < 1.29 is 14.0 Å². The van der Waals surface area contributed by atoms with Crippen LogP contribution in [-0.2, 0) is 6.54 Å². The van der Waals surface area contributed by atoms with Crippen LogP contribution in [0.2, 0.25) is 0 Å². The Morgan fingerprint density at radius 2 is 2.10 bits per heavy atom. The van der Waals surface area contributed by atoms with Gasteiger partial charge in [-0.2, -0.15) is 0 Å². The summed E-state index contributed by atoms with van der Waals surface area (Å²) in [5, 5.41) is 9.08. The molecule has 152 valence electrons.